The largest absolute Gasteiger partial charge is 0.497 e. The molecule has 1 aliphatic carbocycles. The molecule has 6 heteroatoms. The van der Waals surface area contributed by atoms with Crippen LogP contribution in [0.1, 0.15) is 48.2 Å². The van der Waals surface area contributed by atoms with E-state index >= 15 is 0 Å². The number of nitrogens with zero attached hydrogens (tertiary/aromatic N) is 2. The molecule has 2 aromatic heterocycles. The summed E-state index contributed by atoms with van der Waals surface area (Å²) in [6, 6.07) is 12.9. The molecule has 0 bridgehead atoms. The van der Waals surface area contributed by atoms with Gasteiger partial charge in [-0.3, -0.25) is 14.6 Å². The summed E-state index contributed by atoms with van der Waals surface area (Å²) in [6.07, 6.45) is 6.95. The molecule has 1 N–H and O–H groups in total. The van der Waals surface area contributed by atoms with Crippen molar-refractivity contribution in [1.29, 1.82) is 0 Å². The topological polar surface area (TPSA) is 75.3 Å². The van der Waals surface area contributed by atoms with Gasteiger partial charge in [0.05, 0.1) is 19.2 Å². The van der Waals surface area contributed by atoms with E-state index < -0.39 is 0 Å². The Kier molecular flexibility index (Phi) is 5.60. The second kappa shape index (κ2) is 8.47. The van der Waals surface area contributed by atoms with E-state index in [1.165, 1.54) is 6.42 Å². The van der Waals surface area contributed by atoms with Crippen LogP contribution in [0.4, 0.5) is 0 Å². The van der Waals surface area contributed by atoms with E-state index in [4.69, 9.17) is 4.74 Å². The average Bonchev–Trinajstić information content (AvgIpc) is 2.78. The number of amides is 1. The first-order chi connectivity index (χ1) is 14.2. The first-order valence-electron chi connectivity index (χ1n) is 10.1. The minimum absolute atomic E-state index is 0.119. The highest BCUT2D eigenvalue weighted by molar-refractivity contribution is 5.92. The number of methoxy groups -OCH3 is 1. The Morgan fingerprint density at radius 2 is 2.00 bits per heavy atom. The van der Waals surface area contributed by atoms with Crippen LogP contribution in [0.2, 0.25) is 0 Å². The Bertz CT molecular complexity index is 1060. The molecule has 1 saturated carbocycles. The van der Waals surface area contributed by atoms with Gasteiger partial charge in [-0.05, 0) is 48.6 Å². The quantitative estimate of drug-likeness (QED) is 0.716. The number of rotatable bonds is 5. The number of benzene rings is 1. The number of nitrogens with one attached hydrogen (secondary N) is 1. The van der Waals surface area contributed by atoms with Crippen molar-refractivity contribution >= 4 is 16.8 Å². The smallest absolute Gasteiger partial charge is 0.272 e. The predicted octanol–water partition coefficient (Wildman–Crippen LogP) is 3.91. The van der Waals surface area contributed by atoms with Crippen LogP contribution in [0.3, 0.4) is 0 Å². The number of hydrogen-bond acceptors (Lipinski definition) is 4. The van der Waals surface area contributed by atoms with Gasteiger partial charge in [0.1, 0.15) is 11.4 Å². The number of carbonyl (C=O) groups is 1. The third kappa shape index (κ3) is 4.16. The summed E-state index contributed by atoms with van der Waals surface area (Å²) < 4.78 is 5.23. The van der Waals surface area contributed by atoms with Gasteiger partial charge in [0, 0.05) is 23.9 Å². The summed E-state index contributed by atoms with van der Waals surface area (Å²) >= 11 is 0. The molecular formula is C23H25N3O3. The average molecular weight is 391 g/mol. The first kappa shape index (κ1) is 19.2. The van der Waals surface area contributed by atoms with Crippen molar-refractivity contribution in [2.24, 2.45) is 0 Å². The van der Waals surface area contributed by atoms with Gasteiger partial charge in [-0.15, -0.1) is 0 Å². The fourth-order valence-electron chi connectivity index (χ4n) is 4.05. The summed E-state index contributed by atoms with van der Waals surface area (Å²) in [6.45, 7) is 0.275. The maximum absolute atomic E-state index is 13.2. The summed E-state index contributed by atoms with van der Waals surface area (Å²) in [4.78, 5) is 35.0. The summed E-state index contributed by atoms with van der Waals surface area (Å²) in [5, 5.41) is 0.911. The number of carbonyl (C=O) groups excluding carboxylic acids is 1. The van der Waals surface area contributed by atoms with E-state index in [1.807, 2.05) is 29.2 Å². The van der Waals surface area contributed by atoms with Crippen molar-refractivity contribution in [2.45, 2.75) is 44.7 Å². The molecule has 0 atom stereocenters. The third-order valence-electron chi connectivity index (χ3n) is 5.63. The molecule has 1 fully saturated rings. The van der Waals surface area contributed by atoms with Crippen LogP contribution in [-0.4, -0.2) is 33.9 Å². The van der Waals surface area contributed by atoms with Gasteiger partial charge in [-0.25, -0.2) is 0 Å². The molecule has 150 valence electrons. The van der Waals surface area contributed by atoms with Crippen LogP contribution in [0.5, 0.6) is 5.75 Å². The fourth-order valence-corrected chi connectivity index (χ4v) is 4.05. The highest BCUT2D eigenvalue weighted by Crippen LogP contribution is 2.26. The van der Waals surface area contributed by atoms with Gasteiger partial charge in [-0.2, -0.15) is 0 Å². The molecule has 0 radical (unpaired) electrons. The summed E-state index contributed by atoms with van der Waals surface area (Å²) in [5.41, 5.74) is 1.54. The number of ether oxygens (including phenoxy) is 1. The van der Waals surface area contributed by atoms with Crippen molar-refractivity contribution in [3.05, 3.63) is 70.3 Å². The molecule has 2 heterocycles. The van der Waals surface area contributed by atoms with Gasteiger partial charge >= 0.3 is 0 Å². The zero-order valence-corrected chi connectivity index (χ0v) is 16.6. The molecular weight excluding hydrogens is 366 g/mol. The van der Waals surface area contributed by atoms with Crippen molar-refractivity contribution in [2.75, 3.05) is 7.11 Å². The maximum atomic E-state index is 13.2. The lowest BCUT2D eigenvalue weighted by Gasteiger charge is -2.34. The zero-order chi connectivity index (χ0) is 20.2. The molecule has 6 nitrogen and oxygen atoms in total. The van der Waals surface area contributed by atoms with Crippen molar-refractivity contribution in [1.82, 2.24) is 14.9 Å². The third-order valence-corrected chi connectivity index (χ3v) is 5.63. The molecule has 0 spiro atoms. The van der Waals surface area contributed by atoms with Gasteiger partial charge in [-0.1, -0.05) is 25.3 Å². The first-order valence-corrected chi connectivity index (χ1v) is 10.1. The lowest BCUT2D eigenvalue weighted by Crippen LogP contribution is -2.42. The van der Waals surface area contributed by atoms with Crippen LogP contribution in [0, 0.1) is 0 Å². The Balaban J connectivity index is 1.69. The van der Waals surface area contributed by atoms with Crippen LogP contribution in [0.25, 0.3) is 10.9 Å². The lowest BCUT2D eigenvalue weighted by molar-refractivity contribution is 0.0607. The zero-order valence-electron chi connectivity index (χ0n) is 16.6. The number of aromatic nitrogens is 2. The fraction of sp³-hybridized carbons (Fsp3) is 0.348. The van der Waals surface area contributed by atoms with Gasteiger partial charge in [0.2, 0.25) is 0 Å². The van der Waals surface area contributed by atoms with Crippen LogP contribution in [-0.2, 0) is 6.54 Å². The van der Waals surface area contributed by atoms with E-state index in [9.17, 15) is 9.59 Å². The number of pyridine rings is 2. The molecule has 0 unspecified atom stereocenters. The van der Waals surface area contributed by atoms with Crippen LogP contribution in [0.15, 0.2) is 53.5 Å². The van der Waals surface area contributed by atoms with Gasteiger partial charge < -0.3 is 14.6 Å². The molecule has 3 aromatic rings. The van der Waals surface area contributed by atoms with Gasteiger partial charge in [0.25, 0.3) is 11.5 Å². The van der Waals surface area contributed by atoms with Crippen LogP contribution < -0.4 is 10.3 Å². The van der Waals surface area contributed by atoms with E-state index in [1.54, 1.807) is 31.5 Å². The highest BCUT2D eigenvalue weighted by Gasteiger charge is 2.27. The second-order valence-electron chi connectivity index (χ2n) is 7.52. The Hall–Kier alpha value is -3.15. The Morgan fingerprint density at radius 3 is 2.72 bits per heavy atom. The molecule has 0 saturated heterocycles. The minimum Gasteiger partial charge on any atom is -0.497 e. The predicted molar refractivity (Wildman–Crippen MR) is 112 cm³/mol. The van der Waals surface area contributed by atoms with E-state index in [2.05, 4.69) is 9.97 Å². The Morgan fingerprint density at radius 1 is 1.17 bits per heavy atom. The summed E-state index contributed by atoms with van der Waals surface area (Å²) in [5.74, 6) is 0.571. The number of aromatic amines is 1. The summed E-state index contributed by atoms with van der Waals surface area (Å²) in [7, 11) is 1.60. The van der Waals surface area contributed by atoms with Gasteiger partial charge in [0.15, 0.2) is 0 Å². The monoisotopic (exact) mass is 391 g/mol. The molecule has 29 heavy (non-hydrogen) atoms. The van der Waals surface area contributed by atoms with Crippen molar-refractivity contribution < 1.29 is 9.53 Å². The maximum Gasteiger partial charge on any atom is 0.272 e. The molecule has 1 amide bonds. The molecule has 0 aliphatic heterocycles. The van der Waals surface area contributed by atoms with Crippen molar-refractivity contribution in [3.8, 4) is 5.75 Å². The molecule has 1 aromatic carbocycles. The highest BCUT2D eigenvalue weighted by atomic mass is 16.5. The Labute approximate surface area is 169 Å². The normalized spacial score (nSPS) is 14.7. The lowest BCUT2D eigenvalue weighted by atomic mass is 9.93. The second-order valence-corrected chi connectivity index (χ2v) is 7.52. The van der Waals surface area contributed by atoms with Crippen molar-refractivity contribution in [3.63, 3.8) is 0 Å². The van der Waals surface area contributed by atoms with E-state index in [0.29, 0.717) is 17.0 Å². The minimum atomic E-state index is -0.180. The SMILES string of the molecule is COc1ccc2cc(CN(C(=O)c3ccccn3)C3CCCCC3)c(=O)[nH]c2c1. The van der Waals surface area contributed by atoms with E-state index in [0.717, 1.165) is 36.6 Å². The number of H-pyrrole nitrogens is 1. The van der Waals surface area contributed by atoms with E-state index in [-0.39, 0.29) is 24.1 Å². The molecule has 4 rings (SSSR count). The van der Waals surface area contributed by atoms with Crippen LogP contribution >= 0.6 is 0 Å². The molecule has 1 aliphatic rings. The standard InChI is InChI=1S/C23H25N3O3/c1-29-19-11-10-16-13-17(22(27)25-21(16)14-19)15-26(18-7-3-2-4-8-18)23(28)20-9-5-6-12-24-20/h5-6,9-14,18H,2-4,7-8,15H2,1H3,(H,25,27). The number of hydrogen-bond donors (Lipinski definition) is 1. The number of fused-ring (bicyclic) bond motifs is 1.